The number of nitrogens with one attached hydrogen (secondary N) is 1. The quantitative estimate of drug-likeness (QED) is 0.434. The first-order chi connectivity index (χ1) is 14.5. The number of carbonyl (C=O) groups is 1. The molecule has 0 saturated carbocycles. The van der Waals surface area contributed by atoms with Crippen molar-refractivity contribution < 1.29 is 13.9 Å². The van der Waals surface area contributed by atoms with Gasteiger partial charge in [0.05, 0.1) is 12.7 Å². The maximum atomic E-state index is 12.8. The number of anilines is 1. The predicted octanol–water partition coefficient (Wildman–Crippen LogP) is 6.19. The average Bonchev–Trinajstić information content (AvgIpc) is 3.17. The van der Waals surface area contributed by atoms with Crippen LogP contribution < -0.4 is 10.1 Å². The highest BCUT2D eigenvalue weighted by atomic mass is 16.5. The van der Waals surface area contributed by atoms with Gasteiger partial charge in [0.25, 0.3) is 5.91 Å². The molecule has 1 N–H and O–H groups in total. The van der Waals surface area contributed by atoms with E-state index in [1.165, 1.54) is 5.56 Å². The number of ether oxygens (including phenoxy) is 1. The third-order valence-corrected chi connectivity index (χ3v) is 5.11. The normalized spacial score (nSPS) is 11.1. The van der Waals surface area contributed by atoms with Gasteiger partial charge in [-0.2, -0.15) is 0 Å². The fraction of sp³-hybridized carbons (Fsp3) is 0.200. The van der Waals surface area contributed by atoms with Crippen molar-refractivity contribution in [3.05, 3.63) is 77.4 Å². The third kappa shape index (κ3) is 3.79. The van der Waals surface area contributed by atoms with Gasteiger partial charge in [-0.3, -0.25) is 4.79 Å². The number of carbonyl (C=O) groups excluding carboxylic acids is 1. The van der Waals surface area contributed by atoms with Crippen LogP contribution >= 0.6 is 0 Å². The number of aromatic nitrogens is 1. The molecule has 0 aliphatic carbocycles. The monoisotopic (exact) mass is 400 g/mol. The largest absolute Gasteiger partial charge is 0.496 e. The zero-order valence-corrected chi connectivity index (χ0v) is 17.5. The standard InChI is InChI=1S/C25H24N2O3/c1-15(2)17-11-12-22-21(14-17)27-25(30-22)18-8-6-9-19(13-18)26-24(28)20-10-5-7-16(3)23(20)29-4/h5-15H,1-4H3,(H,26,28). The summed E-state index contributed by atoms with van der Waals surface area (Å²) in [5.41, 5.74) is 5.65. The van der Waals surface area contributed by atoms with Gasteiger partial charge in [0.1, 0.15) is 11.3 Å². The molecule has 0 fully saturated rings. The van der Waals surface area contributed by atoms with Crippen molar-refractivity contribution in [1.29, 1.82) is 0 Å². The summed E-state index contributed by atoms with van der Waals surface area (Å²) < 4.78 is 11.3. The Morgan fingerprint density at radius 2 is 1.87 bits per heavy atom. The van der Waals surface area contributed by atoms with Crippen molar-refractivity contribution in [2.75, 3.05) is 12.4 Å². The smallest absolute Gasteiger partial charge is 0.259 e. The van der Waals surface area contributed by atoms with E-state index in [0.29, 0.717) is 28.8 Å². The average molecular weight is 400 g/mol. The molecule has 4 aromatic rings. The molecule has 0 spiro atoms. The second-order valence-corrected chi connectivity index (χ2v) is 7.59. The fourth-order valence-corrected chi connectivity index (χ4v) is 3.46. The Morgan fingerprint density at radius 3 is 2.63 bits per heavy atom. The number of benzene rings is 3. The molecule has 5 nitrogen and oxygen atoms in total. The molecule has 0 unspecified atom stereocenters. The molecule has 1 aromatic heterocycles. The molecule has 30 heavy (non-hydrogen) atoms. The van der Waals surface area contributed by atoms with Crippen LogP contribution in [0.1, 0.15) is 41.3 Å². The maximum absolute atomic E-state index is 12.8. The first-order valence-electron chi connectivity index (χ1n) is 9.92. The second kappa shape index (κ2) is 8.03. The molecule has 0 atom stereocenters. The zero-order chi connectivity index (χ0) is 21.3. The van der Waals surface area contributed by atoms with Crippen LogP contribution in [0, 0.1) is 6.92 Å². The third-order valence-electron chi connectivity index (χ3n) is 5.11. The van der Waals surface area contributed by atoms with Crippen LogP contribution in [0.4, 0.5) is 5.69 Å². The number of methoxy groups -OCH3 is 1. The lowest BCUT2D eigenvalue weighted by Gasteiger charge is -2.11. The molecule has 3 aromatic carbocycles. The molecule has 0 saturated heterocycles. The summed E-state index contributed by atoms with van der Waals surface area (Å²) in [7, 11) is 1.57. The molecule has 0 radical (unpaired) electrons. The fourth-order valence-electron chi connectivity index (χ4n) is 3.46. The van der Waals surface area contributed by atoms with E-state index < -0.39 is 0 Å². The topological polar surface area (TPSA) is 64.4 Å². The number of amides is 1. The summed E-state index contributed by atoms with van der Waals surface area (Å²) in [6.45, 7) is 6.21. The van der Waals surface area contributed by atoms with Crippen LogP contribution in [-0.2, 0) is 0 Å². The SMILES string of the molecule is COc1c(C)cccc1C(=O)Nc1cccc(-c2nc3cc(C(C)C)ccc3o2)c1. The summed E-state index contributed by atoms with van der Waals surface area (Å²) in [4.78, 5) is 17.4. The van der Waals surface area contributed by atoms with E-state index in [2.05, 4.69) is 36.3 Å². The summed E-state index contributed by atoms with van der Waals surface area (Å²) in [5.74, 6) is 1.29. The van der Waals surface area contributed by atoms with Crippen LogP contribution in [0.5, 0.6) is 5.75 Å². The van der Waals surface area contributed by atoms with Gasteiger partial charge >= 0.3 is 0 Å². The number of rotatable bonds is 5. The molecule has 4 rings (SSSR count). The molecule has 1 heterocycles. The van der Waals surface area contributed by atoms with Gasteiger partial charge in [0.15, 0.2) is 5.58 Å². The highest BCUT2D eigenvalue weighted by Gasteiger charge is 2.15. The van der Waals surface area contributed by atoms with Crippen LogP contribution in [0.15, 0.2) is 65.1 Å². The van der Waals surface area contributed by atoms with E-state index in [4.69, 9.17) is 9.15 Å². The second-order valence-electron chi connectivity index (χ2n) is 7.59. The summed E-state index contributed by atoms with van der Waals surface area (Å²) in [6, 6.07) is 19.0. The number of hydrogen-bond donors (Lipinski definition) is 1. The minimum absolute atomic E-state index is 0.230. The maximum Gasteiger partial charge on any atom is 0.259 e. The van der Waals surface area contributed by atoms with Crippen molar-refractivity contribution >= 4 is 22.7 Å². The number of hydrogen-bond acceptors (Lipinski definition) is 4. The Labute approximate surface area is 175 Å². The molecule has 0 bridgehead atoms. The van der Waals surface area contributed by atoms with Crippen molar-refractivity contribution in [3.8, 4) is 17.2 Å². The lowest BCUT2D eigenvalue weighted by molar-refractivity contribution is 0.102. The molecule has 152 valence electrons. The van der Waals surface area contributed by atoms with Gasteiger partial charge in [-0.15, -0.1) is 0 Å². The Hall–Kier alpha value is -3.60. The van der Waals surface area contributed by atoms with Crippen molar-refractivity contribution in [3.63, 3.8) is 0 Å². The van der Waals surface area contributed by atoms with Crippen LogP contribution in [-0.4, -0.2) is 18.0 Å². The van der Waals surface area contributed by atoms with Gasteiger partial charge in [-0.25, -0.2) is 4.98 Å². The van der Waals surface area contributed by atoms with E-state index in [-0.39, 0.29) is 5.91 Å². The molecular formula is C25H24N2O3. The minimum Gasteiger partial charge on any atom is -0.496 e. The van der Waals surface area contributed by atoms with Gasteiger partial charge < -0.3 is 14.5 Å². The summed E-state index contributed by atoms with van der Waals surface area (Å²) in [6.07, 6.45) is 0. The number of fused-ring (bicyclic) bond motifs is 1. The lowest BCUT2D eigenvalue weighted by Crippen LogP contribution is -2.13. The predicted molar refractivity (Wildman–Crippen MR) is 119 cm³/mol. The van der Waals surface area contributed by atoms with Crippen molar-refractivity contribution in [2.24, 2.45) is 0 Å². The van der Waals surface area contributed by atoms with Crippen molar-refractivity contribution in [2.45, 2.75) is 26.7 Å². The highest BCUT2D eigenvalue weighted by molar-refractivity contribution is 6.06. The van der Waals surface area contributed by atoms with E-state index in [1.54, 1.807) is 13.2 Å². The van der Waals surface area contributed by atoms with Gasteiger partial charge in [0.2, 0.25) is 5.89 Å². The number of nitrogens with zero attached hydrogens (tertiary/aromatic N) is 1. The summed E-state index contributed by atoms with van der Waals surface area (Å²) >= 11 is 0. The van der Waals surface area contributed by atoms with E-state index in [9.17, 15) is 4.79 Å². The zero-order valence-electron chi connectivity index (χ0n) is 17.5. The highest BCUT2D eigenvalue weighted by Crippen LogP contribution is 2.29. The van der Waals surface area contributed by atoms with Gasteiger partial charge in [0, 0.05) is 11.3 Å². The first kappa shape index (κ1) is 19.7. The number of para-hydroxylation sites is 1. The van der Waals surface area contributed by atoms with Crippen LogP contribution in [0.25, 0.3) is 22.6 Å². The van der Waals surface area contributed by atoms with E-state index in [0.717, 1.165) is 22.2 Å². The van der Waals surface area contributed by atoms with E-state index in [1.807, 2.05) is 49.4 Å². The Kier molecular flexibility index (Phi) is 5.27. The summed E-state index contributed by atoms with van der Waals surface area (Å²) in [5, 5.41) is 2.94. The Bertz CT molecular complexity index is 1220. The molecule has 1 amide bonds. The number of oxazole rings is 1. The minimum atomic E-state index is -0.230. The lowest BCUT2D eigenvalue weighted by atomic mass is 10.0. The molecule has 0 aliphatic heterocycles. The van der Waals surface area contributed by atoms with Gasteiger partial charge in [-0.05, 0) is 60.4 Å². The first-order valence-corrected chi connectivity index (χ1v) is 9.92. The molecule has 0 aliphatic rings. The van der Waals surface area contributed by atoms with Gasteiger partial charge in [-0.1, -0.05) is 38.1 Å². The molecular weight excluding hydrogens is 376 g/mol. The van der Waals surface area contributed by atoms with Crippen molar-refractivity contribution in [1.82, 2.24) is 4.98 Å². The molecule has 5 heteroatoms. The van der Waals surface area contributed by atoms with E-state index >= 15 is 0 Å². The Morgan fingerprint density at radius 1 is 1.07 bits per heavy atom. The Balaban J connectivity index is 1.62. The number of aryl methyl sites for hydroxylation is 1. The van der Waals surface area contributed by atoms with Crippen LogP contribution in [0.2, 0.25) is 0 Å². The van der Waals surface area contributed by atoms with Crippen LogP contribution in [0.3, 0.4) is 0 Å².